The van der Waals surface area contributed by atoms with Crippen LogP contribution in [0.1, 0.15) is 32.1 Å². The van der Waals surface area contributed by atoms with E-state index < -0.39 is 5.54 Å². The molecule has 0 amide bonds. The van der Waals surface area contributed by atoms with Crippen LogP contribution in [0.4, 0.5) is 11.9 Å². The van der Waals surface area contributed by atoms with Gasteiger partial charge in [-0.05, 0) is 12.8 Å². The quantitative estimate of drug-likeness (QED) is 0.862. The van der Waals surface area contributed by atoms with E-state index in [0.29, 0.717) is 17.8 Å². The van der Waals surface area contributed by atoms with E-state index in [4.69, 9.17) is 0 Å². The van der Waals surface area contributed by atoms with Crippen molar-refractivity contribution in [1.29, 1.82) is 5.26 Å². The number of anilines is 2. The fraction of sp³-hybridized carbons (Fsp3) is 0.538. The third-order valence-corrected chi connectivity index (χ3v) is 3.72. The van der Waals surface area contributed by atoms with E-state index in [2.05, 4.69) is 41.9 Å². The van der Waals surface area contributed by atoms with Crippen LogP contribution in [0, 0.1) is 11.3 Å². The van der Waals surface area contributed by atoms with Crippen molar-refractivity contribution in [2.45, 2.75) is 37.6 Å². The molecule has 2 aromatic heterocycles. The van der Waals surface area contributed by atoms with Crippen LogP contribution in [-0.2, 0) is 0 Å². The van der Waals surface area contributed by atoms with Gasteiger partial charge in [-0.2, -0.15) is 30.4 Å². The zero-order valence-corrected chi connectivity index (χ0v) is 12.3. The van der Waals surface area contributed by atoms with Gasteiger partial charge in [0.1, 0.15) is 5.54 Å². The number of aromatic nitrogens is 6. The molecule has 0 spiro atoms. The summed E-state index contributed by atoms with van der Waals surface area (Å²) < 4.78 is 0. The van der Waals surface area contributed by atoms with E-state index in [9.17, 15) is 5.26 Å². The number of hydrogen-bond donors (Lipinski definition) is 2. The molecule has 9 nitrogen and oxygen atoms in total. The van der Waals surface area contributed by atoms with Gasteiger partial charge >= 0.3 is 0 Å². The van der Waals surface area contributed by atoms with Crippen LogP contribution in [0.3, 0.4) is 0 Å². The van der Waals surface area contributed by atoms with E-state index in [1.54, 1.807) is 19.4 Å². The molecule has 9 heteroatoms. The Morgan fingerprint density at radius 3 is 2.41 bits per heavy atom. The zero-order valence-electron chi connectivity index (χ0n) is 12.3. The van der Waals surface area contributed by atoms with Crippen LogP contribution in [0.15, 0.2) is 12.4 Å². The maximum atomic E-state index is 9.55. The molecule has 2 N–H and O–H groups in total. The first-order valence-electron chi connectivity index (χ1n) is 7.25. The summed E-state index contributed by atoms with van der Waals surface area (Å²) in [4.78, 5) is 14.1. The second kappa shape index (κ2) is 5.93. The van der Waals surface area contributed by atoms with Gasteiger partial charge in [0.15, 0.2) is 0 Å². The molecule has 0 aromatic carbocycles. The number of rotatable bonds is 4. The third-order valence-electron chi connectivity index (χ3n) is 3.72. The summed E-state index contributed by atoms with van der Waals surface area (Å²) in [5, 5.41) is 23.7. The van der Waals surface area contributed by atoms with Gasteiger partial charge < -0.3 is 10.6 Å². The molecule has 2 heterocycles. The summed E-state index contributed by atoms with van der Waals surface area (Å²) in [7, 11) is 1.72. The lowest BCUT2D eigenvalue weighted by molar-refractivity contribution is 0.390. The van der Waals surface area contributed by atoms with E-state index in [1.165, 1.54) is 4.80 Å². The Bertz CT molecular complexity index is 667. The molecule has 1 saturated carbocycles. The highest BCUT2D eigenvalue weighted by Gasteiger charge is 2.33. The molecule has 3 rings (SSSR count). The minimum atomic E-state index is -0.612. The van der Waals surface area contributed by atoms with Crippen molar-refractivity contribution in [3.8, 4) is 12.0 Å². The van der Waals surface area contributed by atoms with Crippen LogP contribution in [-0.4, -0.2) is 42.5 Å². The summed E-state index contributed by atoms with van der Waals surface area (Å²) in [6.45, 7) is 0. The van der Waals surface area contributed by atoms with Crippen LogP contribution < -0.4 is 10.6 Å². The van der Waals surface area contributed by atoms with Crippen molar-refractivity contribution in [2.75, 3.05) is 17.7 Å². The average molecular weight is 299 g/mol. The lowest BCUT2D eigenvalue weighted by atomic mass is 9.83. The van der Waals surface area contributed by atoms with Crippen molar-refractivity contribution in [3.05, 3.63) is 12.4 Å². The van der Waals surface area contributed by atoms with Crippen LogP contribution >= 0.6 is 0 Å². The first-order valence-corrected chi connectivity index (χ1v) is 7.25. The normalized spacial score (nSPS) is 16.7. The SMILES string of the molecule is CNc1nc(NC2(C#N)CCCCC2)nc(-n2nccn2)n1. The zero-order chi connectivity index (χ0) is 15.4. The van der Waals surface area contributed by atoms with E-state index in [1.807, 2.05) is 0 Å². The van der Waals surface area contributed by atoms with Gasteiger partial charge in [0.05, 0.1) is 18.5 Å². The Morgan fingerprint density at radius 2 is 1.77 bits per heavy atom. The van der Waals surface area contributed by atoms with Gasteiger partial charge in [0.2, 0.25) is 11.9 Å². The predicted octanol–water partition coefficient (Wildman–Crippen LogP) is 1.13. The van der Waals surface area contributed by atoms with Gasteiger partial charge in [-0.3, -0.25) is 0 Å². The molecule has 1 aliphatic rings. The molecule has 0 saturated heterocycles. The molecule has 114 valence electrons. The summed E-state index contributed by atoms with van der Waals surface area (Å²) >= 11 is 0. The van der Waals surface area contributed by atoms with Gasteiger partial charge in [0, 0.05) is 7.05 Å². The molecular weight excluding hydrogens is 282 g/mol. The minimum Gasteiger partial charge on any atom is -0.357 e. The van der Waals surface area contributed by atoms with Crippen molar-refractivity contribution in [2.24, 2.45) is 0 Å². The van der Waals surface area contributed by atoms with Gasteiger partial charge in [-0.15, -0.1) is 4.80 Å². The van der Waals surface area contributed by atoms with Crippen LogP contribution in [0.5, 0.6) is 0 Å². The molecule has 0 aliphatic heterocycles. The number of nitrogens with zero attached hydrogens (tertiary/aromatic N) is 7. The Hall–Kier alpha value is -2.76. The molecule has 0 atom stereocenters. The lowest BCUT2D eigenvalue weighted by Crippen LogP contribution is -2.39. The summed E-state index contributed by atoms with van der Waals surface area (Å²) in [6.07, 6.45) is 7.89. The molecule has 0 radical (unpaired) electrons. The van der Waals surface area contributed by atoms with E-state index in [-0.39, 0.29) is 0 Å². The highest BCUT2D eigenvalue weighted by Crippen LogP contribution is 2.30. The van der Waals surface area contributed by atoms with Crippen LogP contribution in [0.2, 0.25) is 0 Å². The number of hydrogen-bond acceptors (Lipinski definition) is 8. The van der Waals surface area contributed by atoms with Crippen molar-refractivity contribution in [3.63, 3.8) is 0 Å². The van der Waals surface area contributed by atoms with Crippen molar-refractivity contribution in [1.82, 2.24) is 29.9 Å². The maximum absolute atomic E-state index is 9.55. The highest BCUT2D eigenvalue weighted by atomic mass is 15.5. The molecule has 0 unspecified atom stereocenters. The Kier molecular flexibility index (Phi) is 3.82. The van der Waals surface area contributed by atoms with Gasteiger partial charge in [0.25, 0.3) is 5.95 Å². The maximum Gasteiger partial charge on any atom is 0.275 e. The fourth-order valence-corrected chi connectivity index (χ4v) is 2.58. The first-order chi connectivity index (χ1) is 10.7. The van der Waals surface area contributed by atoms with E-state index >= 15 is 0 Å². The lowest BCUT2D eigenvalue weighted by Gasteiger charge is -2.31. The summed E-state index contributed by atoms with van der Waals surface area (Å²) in [5.74, 6) is 1.06. The van der Waals surface area contributed by atoms with Crippen molar-refractivity contribution < 1.29 is 0 Å². The molecule has 1 fully saturated rings. The first kappa shape index (κ1) is 14.2. The van der Waals surface area contributed by atoms with E-state index in [0.717, 1.165) is 32.1 Å². The standard InChI is InChI=1S/C13H17N9/c1-15-10-18-11(20-12(19-10)22-16-7-8-17-22)21-13(9-14)5-3-2-4-6-13/h7-8H,2-6H2,1H3,(H2,15,18,19,20,21). The Balaban J connectivity index is 1.93. The Morgan fingerprint density at radius 1 is 1.09 bits per heavy atom. The molecule has 2 aromatic rings. The second-order valence-electron chi connectivity index (χ2n) is 5.23. The topological polar surface area (TPSA) is 117 Å². The summed E-state index contributed by atoms with van der Waals surface area (Å²) in [6, 6.07) is 2.39. The second-order valence-corrected chi connectivity index (χ2v) is 5.23. The molecule has 1 aliphatic carbocycles. The monoisotopic (exact) mass is 299 g/mol. The largest absolute Gasteiger partial charge is 0.357 e. The molecule has 0 bridgehead atoms. The predicted molar refractivity (Wildman–Crippen MR) is 79.3 cm³/mol. The average Bonchev–Trinajstić information content (AvgIpc) is 3.10. The smallest absolute Gasteiger partial charge is 0.275 e. The number of nitriles is 1. The van der Waals surface area contributed by atoms with Crippen LogP contribution in [0.25, 0.3) is 5.95 Å². The van der Waals surface area contributed by atoms with Gasteiger partial charge in [-0.1, -0.05) is 19.3 Å². The molecular formula is C13H17N9. The number of nitrogens with one attached hydrogen (secondary N) is 2. The Labute approximate surface area is 127 Å². The minimum absolute atomic E-state index is 0.302. The highest BCUT2D eigenvalue weighted by molar-refractivity contribution is 5.41. The van der Waals surface area contributed by atoms with Gasteiger partial charge in [-0.25, -0.2) is 0 Å². The van der Waals surface area contributed by atoms with Crippen molar-refractivity contribution >= 4 is 11.9 Å². The summed E-state index contributed by atoms with van der Waals surface area (Å²) in [5.41, 5.74) is -0.612. The third kappa shape index (κ3) is 2.81. The molecule has 22 heavy (non-hydrogen) atoms. The fourth-order valence-electron chi connectivity index (χ4n) is 2.58.